The molecule has 3 aromatic rings. The average Bonchev–Trinajstić information content (AvgIpc) is 3.45. The molecule has 4 rings (SSSR count). The topological polar surface area (TPSA) is 89.7 Å². The second-order valence-electron chi connectivity index (χ2n) is 7.02. The van der Waals surface area contributed by atoms with Crippen molar-refractivity contribution in [2.45, 2.75) is 24.3 Å². The molecule has 0 unspecified atom stereocenters. The fourth-order valence-corrected chi connectivity index (χ4v) is 4.78. The molecule has 31 heavy (non-hydrogen) atoms. The van der Waals surface area contributed by atoms with Gasteiger partial charge in [0.1, 0.15) is 23.9 Å². The van der Waals surface area contributed by atoms with Crippen molar-refractivity contribution in [3.63, 3.8) is 0 Å². The van der Waals surface area contributed by atoms with Crippen molar-refractivity contribution in [3.8, 4) is 11.3 Å². The average molecular weight is 448 g/mol. The smallest absolute Gasteiger partial charge is 0.338 e. The van der Waals surface area contributed by atoms with Crippen molar-refractivity contribution in [3.05, 3.63) is 71.4 Å². The Morgan fingerprint density at radius 2 is 1.77 bits per heavy atom. The lowest BCUT2D eigenvalue weighted by Crippen LogP contribution is -2.27. The van der Waals surface area contributed by atoms with Crippen LogP contribution in [0, 0.1) is 11.6 Å². The van der Waals surface area contributed by atoms with Crippen LogP contribution in [0.5, 0.6) is 0 Å². The van der Waals surface area contributed by atoms with Gasteiger partial charge in [0.2, 0.25) is 10.0 Å². The number of rotatable bonds is 6. The molecule has 1 aromatic heterocycles. The van der Waals surface area contributed by atoms with E-state index in [0.717, 1.165) is 25.0 Å². The summed E-state index contributed by atoms with van der Waals surface area (Å²) < 4.78 is 63.6. The van der Waals surface area contributed by atoms with Crippen LogP contribution < -0.4 is 0 Å². The van der Waals surface area contributed by atoms with Crippen molar-refractivity contribution in [1.82, 2.24) is 9.46 Å². The van der Waals surface area contributed by atoms with Gasteiger partial charge < -0.3 is 9.26 Å². The van der Waals surface area contributed by atoms with Gasteiger partial charge in [-0.2, -0.15) is 4.31 Å². The third-order valence-electron chi connectivity index (χ3n) is 4.90. The number of carbonyl (C=O) groups excluding carboxylic acids is 1. The summed E-state index contributed by atoms with van der Waals surface area (Å²) in [5.74, 6) is -2.12. The van der Waals surface area contributed by atoms with Crippen molar-refractivity contribution in [2.24, 2.45) is 0 Å². The maximum Gasteiger partial charge on any atom is 0.338 e. The highest BCUT2D eigenvalue weighted by Gasteiger charge is 2.27. The lowest BCUT2D eigenvalue weighted by molar-refractivity contribution is 0.0464. The lowest BCUT2D eigenvalue weighted by atomic mass is 10.1. The first kappa shape index (κ1) is 21.1. The molecule has 1 aliphatic heterocycles. The molecule has 162 valence electrons. The van der Waals surface area contributed by atoms with Gasteiger partial charge in [-0.05, 0) is 49.2 Å². The van der Waals surface area contributed by atoms with E-state index in [0.29, 0.717) is 13.1 Å². The predicted molar refractivity (Wildman–Crippen MR) is 105 cm³/mol. The van der Waals surface area contributed by atoms with E-state index >= 15 is 0 Å². The first-order chi connectivity index (χ1) is 14.8. The summed E-state index contributed by atoms with van der Waals surface area (Å²) in [6.07, 6.45) is 1.67. The minimum Gasteiger partial charge on any atom is -0.455 e. The highest BCUT2D eigenvalue weighted by atomic mass is 32.2. The minimum atomic E-state index is -3.56. The predicted octanol–water partition coefficient (Wildman–Crippen LogP) is 3.76. The molecular formula is C21H18F2N2O5S. The third kappa shape index (κ3) is 4.49. The fraction of sp³-hybridized carbons (Fsp3) is 0.238. The Morgan fingerprint density at radius 3 is 2.45 bits per heavy atom. The van der Waals surface area contributed by atoms with Gasteiger partial charge in [-0.25, -0.2) is 22.0 Å². The molecule has 7 nitrogen and oxygen atoms in total. The molecule has 0 radical (unpaired) electrons. The van der Waals surface area contributed by atoms with E-state index in [-0.39, 0.29) is 34.1 Å². The zero-order valence-corrected chi connectivity index (χ0v) is 17.1. The quantitative estimate of drug-likeness (QED) is 0.534. The molecule has 0 bridgehead atoms. The summed E-state index contributed by atoms with van der Waals surface area (Å²) in [4.78, 5) is 12.4. The standard InChI is InChI=1S/C21H18F2N2O5S/c22-15-5-8-18(19(23)11-15)20-12-16(24-30-20)13-29-21(26)14-3-6-17(7-4-14)31(27,28)25-9-1-2-10-25/h3-8,11-12H,1-2,9-10,13H2. The van der Waals surface area contributed by atoms with Crippen LogP contribution in [0.25, 0.3) is 11.3 Å². The Balaban J connectivity index is 1.40. The van der Waals surface area contributed by atoms with Gasteiger partial charge in [0, 0.05) is 25.2 Å². The van der Waals surface area contributed by atoms with Gasteiger partial charge in [-0.3, -0.25) is 0 Å². The molecule has 2 heterocycles. The van der Waals surface area contributed by atoms with Gasteiger partial charge in [-0.1, -0.05) is 5.16 Å². The van der Waals surface area contributed by atoms with Crippen LogP contribution >= 0.6 is 0 Å². The van der Waals surface area contributed by atoms with Crippen molar-refractivity contribution < 1.29 is 31.3 Å². The number of aromatic nitrogens is 1. The second-order valence-corrected chi connectivity index (χ2v) is 8.96. The molecular weight excluding hydrogens is 430 g/mol. The summed E-state index contributed by atoms with van der Waals surface area (Å²) in [5, 5.41) is 3.71. The molecule has 0 spiro atoms. The number of nitrogens with zero attached hydrogens (tertiary/aromatic N) is 2. The first-order valence-electron chi connectivity index (χ1n) is 9.53. The highest BCUT2D eigenvalue weighted by Crippen LogP contribution is 2.25. The van der Waals surface area contributed by atoms with E-state index < -0.39 is 27.6 Å². The molecule has 0 saturated carbocycles. The van der Waals surface area contributed by atoms with Crippen molar-refractivity contribution in [1.29, 1.82) is 0 Å². The molecule has 0 amide bonds. The number of hydrogen-bond acceptors (Lipinski definition) is 6. The van der Waals surface area contributed by atoms with Gasteiger partial charge >= 0.3 is 5.97 Å². The molecule has 0 N–H and O–H groups in total. The summed E-state index contributed by atoms with van der Waals surface area (Å²) in [7, 11) is -3.56. The molecule has 1 saturated heterocycles. The molecule has 0 atom stereocenters. The van der Waals surface area contributed by atoms with Crippen LogP contribution in [0.3, 0.4) is 0 Å². The van der Waals surface area contributed by atoms with Crippen LogP contribution in [-0.4, -0.2) is 36.9 Å². The van der Waals surface area contributed by atoms with Gasteiger partial charge in [-0.15, -0.1) is 0 Å². The maximum atomic E-state index is 13.8. The highest BCUT2D eigenvalue weighted by molar-refractivity contribution is 7.89. The number of halogens is 2. The van der Waals surface area contributed by atoms with Crippen LogP contribution in [0.4, 0.5) is 8.78 Å². The number of ether oxygens (including phenoxy) is 1. The summed E-state index contributed by atoms with van der Waals surface area (Å²) >= 11 is 0. The fourth-order valence-electron chi connectivity index (χ4n) is 3.26. The van der Waals surface area contributed by atoms with Crippen LogP contribution in [0.2, 0.25) is 0 Å². The van der Waals surface area contributed by atoms with Crippen LogP contribution in [0.1, 0.15) is 28.9 Å². The summed E-state index contributed by atoms with van der Waals surface area (Å²) in [5.41, 5.74) is 0.440. The van der Waals surface area contributed by atoms with E-state index in [9.17, 15) is 22.0 Å². The molecule has 2 aromatic carbocycles. The summed E-state index contributed by atoms with van der Waals surface area (Å²) in [6.45, 7) is 0.750. The van der Waals surface area contributed by atoms with E-state index in [4.69, 9.17) is 9.26 Å². The van der Waals surface area contributed by atoms with E-state index in [1.807, 2.05) is 0 Å². The largest absolute Gasteiger partial charge is 0.455 e. The minimum absolute atomic E-state index is 0.0290. The van der Waals surface area contributed by atoms with Crippen LogP contribution in [0.15, 0.2) is 57.9 Å². The molecule has 10 heteroatoms. The number of benzene rings is 2. The van der Waals surface area contributed by atoms with Gasteiger partial charge in [0.15, 0.2) is 5.76 Å². The number of esters is 1. The Labute approximate surface area is 177 Å². The Hall–Kier alpha value is -3.11. The SMILES string of the molecule is O=C(OCc1cc(-c2ccc(F)cc2F)on1)c1ccc(S(=O)(=O)N2CCCC2)cc1. The Kier molecular flexibility index (Phi) is 5.84. The molecule has 1 aliphatic rings. The zero-order chi connectivity index (χ0) is 22.0. The molecule has 1 fully saturated rings. The monoisotopic (exact) mass is 448 g/mol. The first-order valence-corrected chi connectivity index (χ1v) is 11.0. The van der Waals surface area contributed by atoms with Crippen LogP contribution in [-0.2, 0) is 21.4 Å². The van der Waals surface area contributed by atoms with Gasteiger partial charge in [0.25, 0.3) is 0 Å². The number of hydrogen-bond donors (Lipinski definition) is 0. The third-order valence-corrected chi connectivity index (χ3v) is 6.81. The van der Waals surface area contributed by atoms with E-state index in [1.165, 1.54) is 40.7 Å². The van der Waals surface area contributed by atoms with Crippen molar-refractivity contribution in [2.75, 3.05) is 13.1 Å². The summed E-state index contributed by atoms with van der Waals surface area (Å²) in [6, 6.07) is 9.93. The van der Waals surface area contributed by atoms with E-state index in [2.05, 4.69) is 5.16 Å². The Bertz CT molecular complexity index is 1200. The Morgan fingerprint density at radius 1 is 1.06 bits per heavy atom. The number of carbonyl (C=O) groups is 1. The van der Waals surface area contributed by atoms with Gasteiger partial charge in [0.05, 0.1) is 16.0 Å². The lowest BCUT2D eigenvalue weighted by Gasteiger charge is -2.15. The number of sulfonamides is 1. The van der Waals surface area contributed by atoms with E-state index in [1.54, 1.807) is 0 Å². The second kappa shape index (κ2) is 8.56. The van der Waals surface area contributed by atoms with Crippen molar-refractivity contribution >= 4 is 16.0 Å². The zero-order valence-electron chi connectivity index (χ0n) is 16.3. The molecule has 0 aliphatic carbocycles. The maximum absolute atomic E-state index is 13.8. The normalized spacial score (nSPS) is 14.6.